The van der Waals surface area contributed by atoms with Crippen molar-refractivity contribution in [3.05, 3.63) is 58.4 Å². The van der Waals surface area contributed by atoms with E-state index in [9.17, 15) is 4.79 Å². The minimum atomic E-state index is -0.0876. The van der Waals surface area contributed by atoms with Crippen molar-refractivity contribution in [2.45, 2.75) is 6.92 Å². The number of carbonyl (C=O) groups is 1. The predicted molar refractivity (Wildman–Crippen MR) is 81.0 cm³/mol. The number of aromatic nitrogens is 2. The average molecular weight is 283 g/mol. The molecule has 3 rings (SSSR count). The first-order chi connectivity index (χ1) is 9.72. The van der Waals surface area contributed by atoms with Crippen LogP contribution in [0.4, 0.5) is 5.69 Å². The molecule has 0 saturated carbocycles. The number of carbonyl (C=O) groups excluding carboxylic acids is 1. The van der Waals surface area contributed by atoms with Crippen LogP contribution >= 0.6 is 11.3 Å². The SMILES string of the molecule is Cc1cc(-c2cccc(NC(=O)c3cccs3)c2)n[nH]1. The molecule has 20 heavy (non-hydrogen) atoms. The fraction of sp³-hybridized carbons (Fsp3) is 0.0667. The standard InChI is InChI=1S/C15H13N3OS/c1-10-8-13(18-17-10)11-4-2-5-12(9-11)16-15(19)14-6-3-7-20-14/h2-9H,1H3,(H,16,19)(H,17,18). The fourth-order valence-corrected chi connectivity index (χ4v) is 2.54. The van der Waals surface area contributed by atoms with Crippen molar-refractivity contribution in [3.8, 4) is 11.3 Å². The third-order valence-electron chi connectivity index (χ3n) is 2.87. The van der Waals surface area contributed by atoms with Crippen LogP contribution in [0.15, 0.2) is 47.8 Å². The van der Waals surface area contributed by atoms with Gasteiger partial charge in [-0.25, -0.2) is 0 Å². The van der Waals surface area contributed by atoms with Crippen LogP contribution in [0.5, 0.6) is 0 Å². The molecule has 5 heteroatoms. The zero-order valence-corrected chi connectivity index (χ0v) is 11.7. The van der Waals surface area contributed by atoms with E-state index in [1.807, 2.05) is 48.7 Å². The number of H-pyrrole nitrogens is 1. The van der Waals surface area contributed by atoms with Gasteiger partial charge in [-0.1, -0.05) is 18.2 Å². The predicted octanol–water partition coefficient (Wildman–Crippen LogP) is 3.70. The minimum absolute atomic E-state index is 0.0876. The molecule has 100 valence electrons. The topological polar surface area (TPSA) is 57.8 Å². The van der Waals surface area contributed by atoms with Gasteiger partial charge in [-0.15, -0.1) is 11.3 Å². The van der Waals surface area contributed by atoms with E-state index < -0.39 is 0 Å². The van der Waals surface area contributed by atoms with Gasteiger partial charge in [-0.05, 0) is 36.6 Å². The number of hydrogen-bond donors (Lipinski definition) is 2. The second-order valence-electron chi connectivity index (χ2n) is 4.45. The molecule has 2 heterocycles. The molecule has 0 aliphatic carbocycles. The van der Waals surface area contributed by atoms with E-state index >= 15 is 0 Å². The summed E-state index contributed by atoms with van der Waals surface area (Å²) in [6.45, 7) is 1.96. The van der Waals surface area contributed by atoms with Crippen LogP contribution in [0.3, 0.4) is 0 Å². The third kappa shape index (κ3) is 2.62. The van der Waals surface area contributed by atoms with E-state index in [1.165, 1.54) is 11.3 Å². The lowest BCUT2D eigenvalue weighted by Crippen LogP contribution is -2.09. The maximum atomic E-state index is 12.0. The van der Waals surface area contributed by atoms with Crippen molar-refractivity contribution in [1.82, 2.24) is 10.2 Å². The van der Waals surface area contributed by atoms with Crippen molar-refractivity contribution in [1.29, 1.82) is 0 Å². The lowest BCUT2D eigenvalue weighted by Gasteiger charge is -2.05. The first-order valence-corrected chi connectivity index (χ1v) is 7.07. The summed E-state index contributed by atoms with van der Waals surface area (Å²) < 4.78 is 0. The van der Waals surface area contributed by atoms with Gasteiger partial charge >= 0.3 is 0 Å². The molecule has 0 atom stereocenters. The number of nitrogens with one attached hydrogen (secondary N) is 2. The highest BCUT2D eigenvalue weighted by molar-refractivity contribution is 7.12. The molecule has 1 amide bonds. The summed E-state index contributed by atoms with van der Waals surface area (Å²) in [5.74, 6) is -0.0876. The van der Waals surface area contributed by atoms with Gasteiger partial charge in [-0.3, -0.25) is 9.89 Å². The van der Waals surface area contributed by atoms with Gasteiger partial charge in [0.2, 0.25) is 0 Å². The summed E-state index contributed by atoms with van der Waals surface area (Å²) in [4.78, 5) is 12.7. The van der Waals surface area contributed by atoms with Crippen LogP contribution in [0, 0.1) is 6.92 Å². The molecule has 0 fully saturated rings. The van der Waals surface area contributed by atoms with Crippen molar-refractivity contribution in [2.75, 3.05) is 5.32 Å². The monoisotopic (exact) mass is 283 g/mol. The normalized spacial score (nSPS) is 10.4. The number of anilines is 1. The number of amides is 1. The van der Waals surface area contributed by atoms with E-state index in [-0.39, 0.29) is 5.91 Å². The minimum Gasteiger partial charge on any atom is -0.321 e. The van der Waals surface area contributed by atoms with Crippen molar-refractivity contribution in [2.24, 2.45) is 0 Å². The Morgan fingerprint density at radius 3 is 2.85 bits per heavy atom. The summed E-state index contributed by atoms with van der Waals surface area (Å²) in [6, 6.07) is 13.3. The molecule has 1 aromatic carbocycles. The Bertz CT molecular complexity index is 731. The Labute approximate surface area is 120 Å². The summed E-state index contributed by atoms with van der Waals surface area (Å²) in [6.07, 6.45) is 0. The largest absolute Gasteiger partial charge is 0.321 e. The first-order valence-electron chi connectivity index (χ1n) is 6.20. The number of benzene rings is 1. The van der Waals surface area contributed by atoms with Crippen LogP contribution < -0.4 is 5.32 Å². The molecule has 0 unspecified atom stereocenters. The Balaban J connectivity index is 1.83. The van der Waals surface area contributed by atoms with Crippen molar-refractivity contribution >= 4 is 22.9 Å². The number of aromatic amines is 1. The van der Waals surface area contributed by atoms with E-state index in [2.05, 4.69) is 15.5 Å². The maximum Gasteiger partial charge on any atom is 0.265 e. The lowest BCUT2D eigenvalue weighted by atomic mass is 10.1. The summed E-state index contributed by atoms with van der Waals surface area (Å²) in [5.41, 5.74) is 3.61. The number of rotatable bonds is 3. The van der Waals surface area contributed by atoms with E-state index in [0.717, 1.165) is 22.6 Å². The van der Waals surface area contributed by atoms with Gasteiger partial charge < -0.3 is 5.32 Å². The van der Waals surface area contributed by atoms with Crippen LogP contribution in [-0.2, 0) is 0 Å². The maximum absolute atomic E-state index is 12.0. The Morgan fingerprint density at radius 2 is 2.15 bits per heavy atom. The second-order valence-corrected chi connectivity index (χ2v) is 5.40. The van der Waals surface area contributed by atoms with Crippen molar-refractivity contribution in [3.63, 3.8) is 0 Å². The number of nitrogens with zero attached hydrogens (tertiary/aromatic N) is 1. The van der Waals surface area contributed by atoms with Gasteiger partial charge in [0.25, 0.3) is 5.91 Å². The Morgan fingerprint density at radius 1 is 1.25 bits per heavy atom. The van der Waals surface area contributed by atoms with Crippen molar-refractivity contribution < 1.29 is 4.79 Å². The number of thiophene rings is 1. The second kappa shape index (κ2) is 5.30. The summed E-state index contributed by atoms with van der Waals surface area (Å²) in [5, 5.41) is 11.9. The van der Waals surface area contributed by atoms with Crippen LogP contribution in [0.25, 0.3) is 11.3 Å². The molecule has 0 bridgehead atoms. The summed E-state index contributed by atoms with van der Waals surface area (Å²) in [7, 11) is 0. The fourth-order valence-electron chi connectivity index (χ4n) is 1.92. The zero-order valence-electron chi connectivity index (χ0n) is 10.9. The van der Waals surface area contributed by atoms with Gasteiger partial charge in [0.05, 0.1) is 10.6 Å². The van der Waals surface area contributed by atoms with Crippen LogP contribution in [0.1, 0.15) is 15.4 Å². The first kappa shape index (κ1) is 12.6. The molecule has 3 aromatic rings. The lowest BCUT2D eigenvalue weighted by molar-refractivity contribution is 0.103. The molecule has 2 aromatic heterocycles. The molecule has 0 radical (unpaired) electrons. The van der Waals surface area contributed by atoms with E-state index in [1.54, 1.807) is 6.07 Å². The molecule has 0 saturated heterocycles. The molecule has 2 N–H and O–H groups in total. The number of aryl methyl sites for hydroxylation is 1. The van der Waals surface area contributed by atoms with Gasteiger partial charge in [0, 0.05) is 16.9 Å². The van der Waals surface area contributed by atoms with Gasteiger partial charge in [0.15, 0.2) is 0 Å². The molecule has 0 aliphatic heterocycles. The molecule has 0 spiro atoms. The van der Waals surface area contributed by atoms with Gasteiger partial charge in [-0.2, -0.15) is 5.10 Å². The van der Waals surface area contributed by atoms with Crippen LogP contribution in [-0.4, -0.2) is 16.1 Å². The third-order valence-corrected chi connectivity index (χ3v) is 3.74. The Hall–Kier alpha value is -2.40. The highest BCUT2D eigenvalue weighted by atomic mass is 32.1. The quantitative estimate of drug-likeness (QED) is 0.770. The summed E-state index contributed by atoms with van der Waals surface area (Å²) >= 11 is 1.42. The molecular weight excluding hydrogens is 270 g/mol. The highest BCUT2D eigenvalue weighted by Crippen LogP contribution is 2.22. The number of hydrogen-bond acceptors (Lipinski definition) is 3. The molecule has 4 nitrogen and oxygen atoms in total. The molecular formula is C15H13N3OS. The highest BCUT2D eigenvalue weighted by Gasteiger charge is 2.08. The van der Waals surface area contributed by atoms with E-state index in [4.69, 9.17) is 0 Å². The van der Waals surface area contributed by atoms with Gasteiger partial charge in [0.1, 0.15) is 0 Å². The Kier molecular flexibility index (Phi) is 3.35. The average Bonchev–Trinajstić information content (AvgIpc) is 3.10. The zero-order chi connectivity index (χ0) is 13.9. The van der Waals surface area contributed by atoms with E-state index in [0.29, 0.717) is 4.88 Å². The molecule has 0 aliphatic rings. The van der Waals surface area contributed by atoms with Crippen LogP contribution in [0.2, 0.25) is 0 Å². The smallest absolute Gasteiger partial charge is 0.265 e.